The highest BCUT2D eigenvalue weighted by Gasteiger charge is 2.37. The molecule has 19 heavy (non-hydrogen) atoms. The third kappa shape index (κ3) is 3.22. The minimum Gasteiger partial charge on any atom is -0.447 e. The summed E-state index contributed by atoms with van der Waals surface area (Å²) in [6, 6.07) is 9.59. The molecule has 0 radical (unpaired) electrons. The summed E-state index contributed by atoms with van der Waals surface area (Å²) in [6.07, 6.45) is 3.87. The molecule has 4 nitrogen and oxygen atoms in total. The lowest BCUT2D eigenvalue weighted by Gasteiger charge is -2.18. The van der Waals surface area contributed by atoms with Gasteiger partial charge in [-0.3, -0.25) is 4.79 Å². The van der Waals surface area contributed by atoms with Crippen LogP contribution in [0.4, 0.5) is 4.79 Å². The van der Waals surface area contributed by atoms with Gasteiger partial charge in [0.1, 0.15) is 6.61 Å². The van der Waals surface area contributed by atoms with Gasteiger partial charge in [0.2, 0.25) is 5.91 Å². The van der Waals surface area contributed by atoms with Crippen molar-refractivity contribution in [2.24, 2.45) is 0 Å². The van der Waals surface area contributed by atoms with E-state index in [1.165, 1.54) is 4.90 Å². The van der Waals surface area contributed by atoms with Crippen molar-refractivity contribution in [2.75, 3.05) is 6.61 Å². The van der Waals surface area contributed by atoms with E-state index < -0.39 is 6.09 Å². The Kier molecular flexibility index (Phi) is 4.34. The van der Waals surface area contributed by atoms with Crippen molar-refractivity contribution in [1.29, 1.82) is 0 Å². The van der Waals surface area contributed by atoms with Crippen molar-refractivity contribution in [3.63, 3.8) is 0 Å². The standard InChI is InChI=1S/C15H17NO3/c1-2-3-9-14(17)16-13(11-19-15(16)18)10-12-7-5-4-6-8-12/h2-8,13H,9-11H2,1H3/b3-2+/t13-/m0/s1. The van der Waals surface area contributed by atoms with Crippen LogP contribution in [0.1, 0.15) is 18.9 Å². The van der Waals surface area contributed by atoms with E-state index in [2.05, 4.69) is 0 Å². The quantitative estimate of drug-likeness (QED) is 0.781. The van der Waals surface area contributed by atoms with E-state index in [1.807, 2.05) is 37.3 Å². The molecule has 1 fully saturated rings. The van der Waals surface area contributed by atoms with E-state index in [-0.39, 0.29) is 25.0 Å². The van der Waals surface area contributed by atoms with Crippen molar-refractivity contribution < 1.29 is 14.3 Å². The number of cyclic esters (lactones) is 1. The van der Waals surface area contributed by atoms with Crippen LogP contribution in [-0.4, -0.2) is 29.5 Å². The predicted molar refractivity (Wildman–Crippen MR) is 71.6 cm³/mol. The van der Waals surface area contributed by atoms with Crippen LogP contribution < -0.4 is 0 Å². The van der Waals surface area contributed by atoms with E-state index in [0.29, 0.717) is 6.42 Å². The number of hydrogen-bond donors (Lipinski definition) is 0. The molecule has 1 atom stereocenters. The van der Waals surface area contributed by atoms with Gasteiger partial charge < -0.3 is 4.74 Å². The summed E-state index contributed by atoms with van der Waals surface area (Å²) in [5.74, 6) is -0.207. The van der Waals surface area contributed by atoms with E-state index in [4.69, 9.17) is 4.74 Å². The Bertz CT molecular complexity index is 481. The molecular weight excluding hydrogens is 242 g/mol. The lowest BCUT2D eigenvalue weighted by atomic mass is 10.1. The summed E-state index contributed by atoms with van der Waals surface area (Å²) < 4.78 is 4.99. The van der Waals surface area contributed by atoms with Gasteiger partial charge in [0, 0.05) is 6.42 Å². The average molecular weight is 259 g/mol. The Morgan fingerprint density at radius 2 is 2.16 bits per heavy atom. The number of carbonyl (C=O) groups is 2. The van der Waals surface area contributed by atoms with Crippen LogP contribution in [0.3, 0.4) is 0 Å². The molecule has 0 N–H and O–H groups in total. The molecule has 0 saturated carbocycles. The molecule has 1 aromatic rings. The van der Waals surface area contributed by atoms with Gasteiger partial charge in [0.05, 0.1) is 6.04 Å². The van der Waals surface area contributed by atoms with Gasteiger partial charge in [0.15, 0.2) is 0 Å². The molecule has 4 heteroatoms. The second-order valence-corrected chi connectivity index (χ2v) is 4.46. The Labute approximate surface area is 112 Å². The highest BCUT2D eigenvalue weighted by atomic mass is 16.6. The molecule has 1 saturated heterocycles. The lowest BCUT2D eigenvalue weighted by molar-refractivity contribution is -0.128. The Morgan fingerprint density at radius 1 is 1.42 bits per heavy atom. The number of rotatable bonds is 4. The van der Waals surface area contributed by atoms with Gasteiger partial charge in [-0.25, -0.2) is 9.69 Å². The summed E-state index contributed by atoms with van der Waals surface area (Å²) in [7, 11) is 0. The van der Waals surface area contributed by atoms with Gasteiger partial charge in [-0.05, 0) is 18.9 Å². The fourth-order valence-corrected chi connectivity index (χ4v) is 2.12. The molecule has 1 aliphatic heterocycles. The van der Waals surface area contributed by atoms with E-state index in [0.717, 1.165) is 5.56 Å². The molecule has 2 amide bonds. The SMILES string of the molecule is C/C=C/CC(=O)N1C(=O)OC[C@@H]1Cc1ccccc1. The summed E-state index contributed by atoms with van der Waals surface area (Å²) in [5, 5.41) is 0. The first-order valence-electron chi connectivity index (χ1n) is 6.36. The number of nitrogens with zero attached hydrogens (tertiary/aromatic N) is 1. The zero-order valence-electron chi connectivity index (χ0n) is 10.9. The van der Waals surface area contributed by atoms with Crippen molar-refractivity contribution >= 4 is 12.0 Å². The second-order valence-electron chi connectivity index (χ2n) is 4.46. The van der Waals surface area contributed by atoms with Crippen molar-refractivity contribution in [2.45, 2.75) is 25.8 Å². The molecular formula is C15H17NO3. The maximum atomic E-state index is 12.0. The molecule has 0 bridgehead atoms. The fraction of sp³-hybridized carbons (Fsp3) is 0.333. The van der Waals surface area contributed by atoms with Crippen molar-refractivity contribution in [3.8, 4) is 0 Å². The minimum absolute atomic E-state index is 0.201. The van der Waals surface area contributed by atoms with Crippen LogP contribution in [0.2, 0.25) is 0 Å². The summed E-state index contributed by atoms with van der Waals surface area (Å²) >= 11 is 0. The van der Waals surface area contributed by atoms with Gasteiger partial charge >= 0.3 is 6.09 Å². The first-order valence-corrected chi connectivity index (χ1v) is 6.36. The number of hydrogen-bond acceptors (Lipinski definition) is 3. The minimum atomic E-state index is -0.532. The monoisotopic (exact) mass is 259 g/mol. The number of imide groups is 1. The topological polar surface area (TPSA) is 46.6 Å². The van der Waals surface area contributed by atoms with Crippen LogP contribution in [0.25, 0.3) is 0 Å². The number of amides is 2. The molecule has 0 spiro atoms. The first-order chi connectivity index (χ1) is 9.22. The maximum absolute atomic E-state index is 12.0. The molecule has 1 aliphatic rings. The lowest BCUT2D eigenvalue weighted by Crippen LogP contribution is -2.39. The van der Waals surface area contributed by atoms with Gasteiger partial charge in [-0.15, -0.1) is 0 Å². The molecule has 0 aromatic heterocycles. The average Bonchev–Trinajstić information content (AvgIpc) is 2.78. The number of allylic oxidation sites excluding steroid dienone is 1. The van der Waals surface area contributed by atoms with Gasteiger partial charge in [-0.2, -0.15) is 0 Å². The second kappa shape index (κ2) is 6.18. The van der Waals surface area contributed by atoms with E-state index in [1.54, 1.807) is 12.2 Å². The zero-order chi connectivity index (χ0) is 13.7. The zero-order valence-corrected chi connectivity index (χ0v) is 10.9. The largest absolute Gasteiger partial charge is 0.447 e. The number of benzene rings is 1. The smallest absolute Gasteiger partial charge is 0.416 e. The highest BCUT2D eigenvalue weighted by molar-refractivity contribution is 5.94. The third-order valence-electron chi connectivity index (χ3n) is 3.07. The van der Waals surface area contributed by atoms with Crippen LogP contribution >= 0.6 is 0 Å². The van der Waals surface area contributed by atoms with Gasteiger partial charge in [-0.1, -0.05) is 42.5 Å². The Balaban J connectivity index is 2.07. The van der Waals surface area contributed by atoms with Crippen molar-refractivity contribution in [3.05, 3.63) is 48.0 Å². The van der Waals surface area contributed by atoms with Crippen molar-refractivity contribution in [1.82, 2.24) is 4.90 Å². The van der Waals surface area contributed by atoms with Crippen LogP contribution in [0.5, 0.6) is 0 Å². The summed E-state index contributed by atoms with van der Waals surface area (Å²) in [4.78, 5) is 24.9. The Hall–Kier alpha value is -2.10. The van der Waals surface area contributed by atoms with Crippen LogP contribution in [0, 0.1) is 0 Å². The number of ether oxygens (including phenoxy) is 1. The molecule has 1 aromatic carbocycles. The molecule has 100 valence electrons. The normalized spacial score (nSPS) is 18.9. The van der Waals surface area contributed by atoms with E-state index in [9.17, 15) is 9.59 Å². The first kappa shape index (κ1) is 13.3. The number of carbonyl (C=O) groups excluding carboxylic acids is 2. The molecule has 0 unspecified atom stereocenters. The van der Waals surface area contributed by atoms with E-state index >= 15 is 0 Å². The highest BCUT2D eigenvalue weighted by Crippen LogP contribution is 2.18. The Morgan fingerprint density at radius 3 is 2.84 bits per heavy atom. The molecule has 1 heterocycles. The molecule has 2 rings (SSSR count). The summed E-state index contributed by atoms with van der Waals surface area (Å²) in [5.41, 5.74) is 1.09. The maximum Gasteiger partial charge on any atom is 0.416 e. The summed E-state index contributed by atoms with van der Waals surface area (Å²) in [6.45, 7) is 2.12. The van der Waals surface area contributed by atoms with Crippen LogP contribution in [-0.2, 0) is 16.0 Å². The fourth-order valence-electron chi connectivity index (χ4n) is 2.12. The third-order valence-corrected chi connectivity index (χ3v) is 3.07. The predicted octanol–water partition coefficient (Wildman–Crippen LogP) is 2.54. The molecule has 0 aliphatic carbocycles. The van der Waals surface area contributed by atoms with Crippen LogP contribution in [0.15, 0.2) is 42.5 Å². The van der Waals surface area contributed by atoms with Gasteiger partial charge in [0.25, 0.3) is 0 Å².